The highest BCUT2D eigenvalue weighted by Gasteiger charge is 2.08. The maximum absolute atomic E-state index is 13.1. The van der Waals surface area contributed by atoms with Crippen molar-refractivity contribution in [2.24, 2.45) is 0 Å². The zero-order chi connectivity index (χ0) is 14.8. The number of anilines is 1. The molecule has 0 radical (unpaired) electrons. The molecular weight excluding hydrogens is 313 g/mol. The molecule has 2 aromatic heterocycles. The number of aryl methyl sites for hydroxylation is 2. The first-order valence-electron chi connectivity index (χ1n) is 6.17. The summed E-state index contributed by atoms with van der Waals surface area (Å²) in [7, 11) is 0. The molecule has 5 nitrogen and oxygen atoms in total. The van der Waals surface area contributed by atoms with Crippen LogP contribution in [0.5, 0.6) is 0 Å². The highest BCUT2D eigenvalue weighted by molar-refractivity contribution is 7.13. The fourth-order valence-corrected chi connectivity index (χ4v) is 2.64. The van der Waals surface area contributed by atoms with E-state index in [4.69, 9.17) is 17.3 Å². The molecular formula is C13H11ClFN5S. The third-order valence-electron chi connectivity index (χ3n) is 2.92. The fraction of sp³-hybridized carbons (Fsp3) is 0.154. The van der Waals surface area contributed by atoms with Crippen LogP contribution in [0, 0.1) is 5.82 Å². The second kappa shape index (κ2) is 5.79. The molecule has 2 heterocycles. The first-order chi connectivity index (χ1) is 10.1. The summed E-state index contributed by atoms with van der Waals surface area (Å²) in [5.41, 5.74) is 7.89. The van der Waals surface area contributed by atoms with Crippen LogP contribution in [0.15, 0.2) is 29.8 Å². The van der Waals surface area contributed by atoms with Crippen LogP contribution in [-0.2, 0) is 13.0 Å². The number of aromatic nitrogens is 4. The van der Waals surface area contributed by atoms with Crippen molar-refractivity contribution in [1.29, 1.82) is 0 Å². The molecule has 2 N–H and O–H groups in total. The van der Waals surface area contributed by atoms with E-state index < -0.39 is 5.82 Å². The highest BCUT2D eigenvalue weighted by Crippen LogP contribution is 2.23. The Hall–Kier alpha value is -1.99. The van der Waals surface area contributed by atoms with E-state index in [-0.39, 0.29) is 5.02 Å². The Morgan fingerprint density at radius 3 is 2.95 bits per heavy atom. The van der Waals surface area contributed by atoms with Crippen molar-refractivity contribution >= 4 is 28.1 Å². The van der Waals surface area contributed by atoms with Gasteiger partial charge in [0.25, 0.3) is 0 Å². The van der Waals surface area contributed by atoms with Gasteiger partial charge in [0, 0.05) is 23.9 Å². The Kier molecular flexibility index (Phi) is 3.85. The monoisotopic (exact) mass is 323 g/mol. The number of hydrogen-bond donors (Lipinski definition) is 1. The third-order valence-corrected chi connectivity index (χ3v) is 3.93. The molecule has 21 heavy (non-hydrogen) atoms. The molecule has 0 aliphatic heterocycles. The number of benzene rings is 1. The predicted octanol–water partition coefficient (Wildman–Crippen LogP) is 3.02. The molecule has 0 aliphatic rings. The average Bonchev–Trinajstić information content (AvgIpc) is 3.08. The van der Waals surface area contributed by atoms with Gasteiger partial charge >= 0.3 is 0 Å². The minimum atomic E-state index is -0.450. The van der Waals surface area contributed by atoms with Crippen molar-refractivity contribution in [1.82, 2.24) is 20.0 Å². The molecule has 0 saturated carbocycles. The summed E-state index contributed by atoms with van der Waals surface area (Å²) in [6.45, 7) is 0.644. The van der Waals surface area contributed by atoms with Crippen LogP contribution in [0.1, 0.15) is 5.69 Å². The molecule has 0 amide bonds. The summed E-state index contributed by atoms with van der Waals surface area (Å²) in [4.78, 5) is 4.19. The van der Waals surface area contributed by atoms with E-state index in [9.17, 15) is 4.39 Å². The molecule has 8 heteroatoms. The summed E-state index contributed by atoms with van der Waals surface area (Å²) in [5.74, 6) is -0.450. The quantitative estimate of drug-likeness (QED) is 0.801. The van der Waals surface area contributed by atoms with Crippen molar-refractivity contribution in [3.05, 3.63) is 46.3 Å². The van der Waals surface area contributed by atoms with Crippen LogP contribution in [0.2, 0.25) is 5.02 Å². The van der Waals surface area contributed by atoms with Crippen LogP contribution < -0.4 is 5.73 Å². The van der Waals surface area contributed by atoms with Gasteiger partial charge in [0.15, 0.2) is 5.13 Å². The standard InChI is InChI=1S/C13H11ClFN5S/c14-10-5-8(1-2-11(10)15)12-6-20(19-18-12)4-3-9-7-21-13(16)17-9/h1-2,5-7H,3-4H2,(H2,16,17). The predicted molar refractivity (Wildman–Crippen MR) is 80.7 cm³/mol. The SMILES string of the molecule is Nc1nc(CCn2cc(-c3ccc(F)c(Cl)c3)nn2)cs1. The molecule has 0 atom stereocenters. The Morgan fingerprint density at radius 2 is 2.24 bits per heavy atom. The van der Waals surface area contributed by atoms with Gasteiger partial charge in [0.2, 0.25) is 0 Å². The van der Waals surface area contributed by atoms with Crippen molar-refractivity contribution in [3.63, 3.8) is 0 Å². The average molecular weight is 324 g/mol. The third kappa shape index (κ3) is 3.20. The highest BCUT2D eigenvalue weighted by atomic mass is 35.5. The lowest BCUT2D eigenvalue weighted by molar-refractivity contribution is 0.585. The molecule has 0 bridgehead atoms. The fourth-order valence-electron chi connectivity index (χ4n) is 1.86. The first-order valence-corrected chi connectivity index (χ1v) is 7.43. The zero-order valence-corrected chi connectivity index (χ0v) is 12.4. The molecule has 3 rings (SSSR count). The minimum Gasteiger partial charge on any atom is -0.375 e. The Morgan fingerprint density at radius 1 is 1.38 bits per heavy atom. The Balaban J connectivity index is 1.72. The maximum atomic E-state index is 13.1. The van der Waals surface area contributed by atoms with E-state index in [1.807, 2.05) is 5.38 Å². The Bertz CT molecular complexity index is 770. The number of halogens is 2. The molecule has 1 aromatic carbocycles. The van der Waals surface area contributed by atoms with Gasteiger partial charge in [-0.15, -0.1) is 16.4 Å². The van der Waals surface area contributed by atoms with Gasteiger partial charge in [0.05, 0.1) is 16.9 Å². The lowest BCUT2D eigenvalue weighted by atomic mass is 10.2. The van der Waals surface area contributed by atoms with Gasteiger partial charge in [-0.2, -0.15) is 0 Å². The summed E-state index contributed by atoms with van der Waals surface area (Å²) < 4.78 is 14.9. The molecule has 0 saturated heterocycles. The second-order valence-electron chi connectivity index (χ2n) is 4.42. The van der Waals surface area contributed by atoms with Crippen molar-refractivity contribution in [3.8, 4) is 11.3 Å². The number of nitrogen functional groups attached to an aromatic ring is 1. The second-order valence-corrected chi connectivity index (χ2v) is 5.72. The van der Waals surface area contributed by atoms with Crippen molar-refractivity contribution in [2.75, 3.05) is 5.73 Å². The van der Waals surface area contributed by atoms with Gasteiger partial charge in [-0.1, -0.05) is 16.8 Å². The van der Waals surface area contributed by atoms with Crippen LogP contribution in [-0.4, -0.2) is 20.0 Å². The lowest BCUT2D eigenvalue weighted by Gasteiger charge is -1.98. The van der Waals surface area contributed by atoms with Gasteiger partial charge in [-0.25, -0.2) is 9.37 Å². The molecule has 108 valence electrons. The number of thiazole rings is 1. The van der Waals surface area contributed by atoms with Gasteiger partial charge in [0.1, 0.15) is 11.5 Å². The number of rotatable bonds is 4. The molecule has 0 unspecified atom stereocenters. The number of nitrogens with zero attached hydrogens (tertiary/aromatic N) is 4. The summed E-state index contributed by atoms with van der Waals surface area (Å²) in [5, 5.41) is 10.7. The largest absolute Gasteiger partial charge is 0.375 e. The van der Waals surface area contributed by atoms with E-state index in [0.29, 0.717) is 17.4 Å². The van der Waals surface area contributed by atoms with Crippen molar-refractivity contribution in [2.45, 2.75) is 13.0 Å². The summed E-state index contributed by atoms with van der Waals surface area (Å²) in [6, 6.07) is 4.47. The van der Waals surface area contributed by atoms with Crippen LogP contribution >= 0.6 is 22.9 Å². The van der Waals surface area contributed by atoms with Gasteiger partial charge in [-0.3, -0.25) is 4.68 Å². The van der Waals surface area contributed by atoms with E-state index in [1.54, 1.807) is 16.9 Å². The molecule has 3 aromatic rings. The molecule has 0 spiro atoms. The summed E-state index contributed by atoms with van der Waals surface area (Å²) in [6.07, 6.45) is 2.51. The maximum Gasteiger partial charge on any atom is 0.180 e. The van der Waals surface area contributed by atoms with Gasteiger partial charge in [-0.05, 0) is 18.2 Å². The van der Waals surface area contributed by atoms with E-state index in [0.717, 1.165) is 17.7 Å². The van der Waals surface area contributed by atoms with Crippen LogP contribution in [0.4, 0.5) is 9.52 Å². The Labute approximate surface area is 129 Å². The van der Waals surface area contributed by atoms with E-state index in [1.165, 1.54) is 23.5 Å². The normalized spacial score (nSPS) is 11.0. The van der Waals surface area contributed by atoms with Crippen molar-refractivity contribution < 1.29 is 4.39 Å². The van der Waals surface area contributed by atoms with Crippen LogP contribution in [0.3, 0.4) is 0 Å². The molecule has 0 fully saturated rings. The van der Waals surface area contributed by atoms with E-state index >= 15 is 0 Å². The smallest absolute Gasteiger partial charge is 0.180 e. The van der Waals surface area contributed by atoms with Gasteiger partial charge < -0.3 is 5.73 Å². The van der Waals surface area contributed by atoms with Crippen LogP contribution in [0.25, 0.3) is 11.3 Å². The summed E-state index contributed by atoms with van der Waals surface area (Å²) >= 11 is 7.18. The van der Waals surface area contributed by atoms with E-state index in [2.05, 4.69) is 15.3 Å². The number of nitrogens with two attached hydrogens (primary N) is 1. The minimum absolute atomic E-state index is 0.0694. The first kappa shape index (κ1) is 14.0. The lowest BCUT2D eigenvalue weighted by Crippen LogP contribution is -2.02. The topological polar surface area (TPSA) is 69.6 Å². The zero-order valence-electron chi connectivity index (χ0n) is 10.8. The number of hydrogen-bond acceptors (Lipinski definition) is 5. The molecule has 0 aliphatic carbocycles.